The van der Waals surface area contributed by atoms with Crippen molar-refractivity contribution in [2.24, 2.45) is 11.5 Å². The number of hydrogen-bond donors (Lipinski definition) is 4. The van der Waals surface area contributed by atoms with Gasteiger partial charge in [0.1, 0.15) is 0 Å². The summed E-state index contributed by atoms with van der Waals surface area (Å²) in [7, 11) is 0. The third-order valence-corrected chi connectivity index (χ3v) is 3.11. The molecule has 3 amide bonds. The van der Waals surface area contributed by atoms with Gasteiger partial charge in [-0.1, -0.05) is 0 Å². The van der Waals surface area contributed by atoms with Gasteiger partial charge in [-0.05, 0) is 43.5 Å². The number of hydrogen-bond acceptors (Lipinski definition) is 3. The first-order valence-corrected chi connectivity index (χ1v) is 5.76. The molecule has 1 aliphatic carbocycles. The Hall–Kier alpha value is -2.08. The Morgan fingerprint density at radius 3 is 1.94 bits per heavy atom. The second kappa shape index (κ2) is 4.66. The Kier molecular flexibility index (Phi) is 3.20. The molecule has 0 aliphatic heterocycles. The lowest BCUT2D eigenvalue weighted by molar-refractivity contribution is -0.123. The molecule has 6 heteroatoms. The van der Waals surface area contributed by atoms with Crippen molar-refractivity contribution >= 4 is 23.3 Å². The van der Waals surface area contributed by atoms with E-state index in [0.717, 1.165) is 19.3 Å². The van der Waals surface area contributed by atoms with Crippen molar-refractivity contribution < 1.29 is 9.59 Å². The molecule has 96 valence electrons. The van der Waals surface area contributed by atoms with Gasteiger partial charge in [0.2, 0.25) is 5.91 Å². The lowest BCUT2D eigenvalue weighted by Gasteiger charge is -2.36. The first kappa shape index (κ1) is 12.4. The maximum absolute atomic E-state index is 11.9. The number of primary amides is 1. The van der Waals surface area contributed by atoms with E-state index in [1.54, 1.807) is 24.3 Å². The van der Waals surface area contributed by atoms with Crippen LogP contribution in [0, 0.1) is 0 Å². The fraction of sp³-hybridized carbons (Fsp3) is 0.333. The molecule has 2 rings (SSSR count). The summed E-state index contributed by atoms with van der Waals surface area (Å²) < 4.78 is 0. The summed E-state index contributed by atoms with van der Waals surface area (Å²) in [5.41, 5.74) is 11.4. The largest absolute Gasteiger partial charge is 0.351 e. The van der Waals surface area contributed by atoms with E-state index in [2.05, 4.69) is 10.6 Å². The molecule has 0 spiro atoms. The molecule has 0 aromatic heterocycles. The van der Waals surface area contributed by atoms with Gasteiger partial charge >= 0.3 is 6.03 Å². The topological polar surface area (TPSA) is 110 Å². The highest BCUT2D eigenvalue weighted by Gasteiger charge is 2.40. The molecule has 0 bridgehead atoms. The first-order valence-electron chi connectivity index (χ1n) is 5.76. The van der Waals surface area contributed by atoms with Crippen molar-refractivity contribution in [3.63, 3.8) is 0 Å². The molecule has 6 N–H and O–H groups in total. The van der Waals surface area contributed by atoms with Crippen LogP contribution >= 0.6 is 0 Å². The third kappa shape index (κ3) is 2.60. The number of carbonyl (C=O) groups excluding carboxylic acids is 2. The normalized spacial score (nSPS) is 16.5. The van der Waals surface area contributed by atoms with Crippen LogP contribution in [0.1, 0.15) is 19.3 Å². The van der Waals surface area contributed by atoms with Crippen LogP contribution in [0.3, 0.4) is 0 Å². The third-order valence-electron chi connectivity index (χ3n) is 3.11. The number of benzene rings is 1. The Balaban J connectivity index is 1.97. The van der Waals surface area contributed by atoms with E-state index < -0.39 is 11.6 Å². The van der Waals surface area contributed by atoms with Gasteiger partial charge in [0, 0.05) is 11.4 Å². The zero-order valence-corrected chi connectivity index (χ0v) is 9.90. The number of nitrogens with two attached hydrogens (primary N) is 2. The monoisotopic (exact) mass is 248 g/mol. The van der Waals surface area contributed by atoms with Crippen LogP contribution < -0.4 is 22.1 Å². The van der Waals surface area contributed by atoms with E-state index in [0.29, 0.717) is 11.4 Å². The smallest absolute Gasteiger partial charge is 0.316 e. The SMILES string of the molecule is NC(=O)Nc1ccc(NC(=O)C2(N)CCC2)cc1. The van der Waals surface area contributed by atoms with E-state index >= 15 is 0 Å². The van der Waals surface area contributed by atoms with E-state index in [1.807, 2.05) is 0 Å². The number of anilines is 2. The highest BCUT2D eigenvalue weighted by Crippen LogP contribution is 2.30. The van der Waals surface area contributed by atoms with E-state index in [4.69, 9.17) is 11.5 Å². The van der Waals surface area contributed by atoms with Crippen molar-refractivity contribution in [1.29, 1.82) is 0 Å². The second-order valence-electron chi connectivity index (χ2n) is 4.53. The molecule has 1 saturated carbocycles. The fourth-order valence-corrected chi connectivity index (χ4v) is 1.82. The Morgan fingerprint density at radius 2 is 1.56 bits per heavy atom. The lowest BCUT2D eigenvalue weighted by Crippen LogP contribution is -2.56. The molecule has 1 aromatic carbocycles. The van der Waals surface area contributed by atoms with Crippen molar-refractivity contribution in [1.82, 2.24) is 0 Å². The summed E-state index contributed by atoms with van der Waals surface area (Å²) in [4.78, 5) is 22.5. The molecule has 1 aromatic rings. The Bertz CT molecular complexity index is 465. The molecule has 1 fully saturated rings. The van der Waals surface area contributed by atoms with E-state index in [-0.39, 0.29) is 5.91 Å². The summed E-state index contributed by atoms with van der Waals surface area (Å²) in [5.74, 6) is -0.163. The average Bonchev–Trinajstić information content (AvgIpc) is 2.28. The van der Waals surface area contributed by atoms with Crippen molar-refractivity contribution in [2.45, 2.75) is 24.8 Å². The second-order valence-corrected chi connectivity index (χ2v) is 4.53. The van der Waals surface area contributed by atoms with Gasteiger partial charge in [0.15, 0.2) is 0 Å². The predicted molar refractivity (Wildman–Crippen MR) is 69.0 cm³/mol. The summed E-state index contributed by atoms with van der Waals surface area (Å²) >= 11 is 0. The Morgan fingerprint density at radius 1 is 1.06 bits per heavy atom. The molecule has 0 unspecified atom stereocenters. The summed E-state index contributed by atoms with van der Waals surface area (Å²) in [5, 5.41) is 5.20. The van der Waals surface area contributed by atoms with Gasteiger partial charge in [-0.25, -0.2) is 4.79 Å². The van der Waals surface area contributed by atoms with E-state index in [9.17, 15) is 9.59 Å². The molecule has 0 atom stereocenters. The van der Waals surface area contributed by atoms with Crippen LogP contribution in [0.4, 0.5) is 16.2 Å². The summed E-state index contributed by atoms with van der Waals surface area (Å²) in [6, 6.07) is 6.06. The number of urea groups is 1. The summed E-state index contributed by atoms with van der Waals surface area (Å²) in [6.07, 6.45) is 2.44. The zero-order chi connectivity index (χ0) is 13.2. The van der Waals surface area contributed by atoms with Gasteiger partial charge in [0.25, 0.3) is 0 Å². The van der Waals surface area contributed by atoms with Gasteiger partial charge < -0.3 is 22.1 Å². The predicted octanol–water partition coefficient (Wildman–Crippen LogP) is 0.997. The molecular weight excluding hydrogens is 232 g/mol. The van der Waals surface area contributed by atoms with Gasteiger partial charge in [-0.15, -0.1) is 0 Å². The zero-order valence-electron chi connectivity index (χ0n) is 9.90. The Labute approximate surface area is 105 Å². The molecule has 1 aliphatic rings. The number of rotatable bonds is 3. The van der Waals surface area contributed by atoms with Crippen LogP contribution in [0.25, 0.3) is 0 Å². The molecule has 0 saturated heterocycles. The standard InChI is InChI=1S/C12H16N4O2/c13-11(18)16-9-4-2-8(3-5-9)15-10(17)12(14)6-1-7-12/h2-5H,1,6-7,14H2,(H,15,17)(H3,13,16,18). The van der Waals surface area contributed by atoms with Crippen molar-refractivity contribution in [3.05, 3.63) is 24.3 Å². The first-order chi connectivity index (χ1) is 8.49. The molecule has 18 heavy (non-hydrogen) atoms. The lowest BCUT2D eigenvalue weighted by atomic mass is 9.77. The molecule has 0 radical (unpaired) electrons. The highest BCUT2D eigenvalue weighted by molar-refractivity contribution is 5.98. The van der Waals surface area contributed by atoms with Gasteiger partial charge in [0.05, 0.1) is 5.54 Å². The molecule has 6 nitrogen and oxygen atoms in total. The number of amides is 3. The van der Waals surface area contributed by atoms with Crippen LogP contribution in [-0.2, 0) is 4.79 Å². The highest BCUT2D eigenvalue weighted by atomic mass is 16.2. The minimum atomic E-state index is -0.718. The maximum atomic E-state index is 11.9. The van der Waals surface area contributed by atoms with Crippen LogP contribution in [0.2, 0.25) is 0 Å². The number of nitrogens with one attached hydrogen (secondary N) is 2. The maximum Gasteiger partial charge on any atom is 0.316 e. The van der Waals surface area contributed by atoms with Crippen LogP contribution in [0.15, 0.2) is 24.3 Å². The van der Waals surface area contributed by atoms with E-state index in [1.165, 1.54) is 0 Å². The van der Waals surface area contributed by atoms with Gasteiger partial charge in [-0.2, -0.15) is 0 Å². The number of carbonyl (C=O) groups is 2. The minimum absolute atomic E-state index is 0.163. The summed E-state index contributed by atoms with van der Waals surface area (Å²) in [6.45, 7) is 0. The average molecular weight is 248 g/mol. The van der Waals surface area contributed by atoms with Crippen LogP contribution in [0.5, 0.6) is 0 Å². The van der Waals surface area contributed by atoms with Gasteiger partial charge in [-0.3, -0.25) is 4.79 Å². The minimum Gasteiger partial charge on any atom is -0.351 e. The molecule has 0 heterocycles. The van der Waals surface area contributed by atoms with Crippen LogP contribution in [-0.4, -0.2) is 17.5 Å². The molecular formula is C12H16N4O2. The van der Waals surface area contributed by atoms with Crippen molar-refractivity contribution in [2.75, 3.05) is 10.6 Å². The quantitative estimate of drug-likeness (QED) is 0.640. The van der Waals surface area contributed by atoms with Crippen molar-refractivity contribution in [3.8, 4) is 0 Å². The fourth-order valence-electron chi connectivity index (χ4n) is 1.82.